The summed E-state index contributed by atoms with van der Waals surface area (Å²) in [5.41, 5.74) is 5.12. The average molecular weight is 482 g/mol. The van der Waals surface area contributed by atoms with Crippen LogP contribution in [0.5, 0.6) is 0 Å². The monoisotopic (exact) mass is 481 g/mol. The quantitative estimate of drug-likeness (QED) is 0.191. The van der Waals surface area contributed by atoms with E-state index in [-0.39, 0.29) is 6.04 Å². The summed E-state index contributed by atoms with van der Waals surface area (Å²) in [6, 6.07) is -2.72. The second-order valence-corrected chi connectivity index (χ2v) is 8.85. The van der Waals surface area contributed by atoms with Gasteiger partial charge in [-0.3, -0.25) is 14.4 Å². The van der Waals surface area contributed by atoms with Gasteiger partial charge in [0.25, 0.3) is 0 Å². The fourth-order valence-corrected chi connectivity index (χ4v) is 3.51. The number of ketones is 1. The molecule has 2 fully saturated rings. The summed E-state index contributed by atoms with van der Waals surface area (Å²) in [6.07, 6.45) is -7.14. The van der Waals surface area contributed by atoms with E-state index in [0.29, 0.717) is 0 Å². The van der Waals surface area contributed by atoms with E-state index in [9.17, 15) is 29.7 Å². The highest BCUT2D eigenvalue weighted by molar-refractivity contribution is 7.98. The van der Waals surface area contributed by atoms with Crippen molar-refractivity contribution in [3.8, 4) is 0 Å². The first-order valence-electron chi connectivity index (χ1n) is 10.3. The maximum absolute atomic E-state index is 12.6. The van der Waals surface area contributed by atoms with E-state index in [1.807, 2.05) is 6.26 Å². The molecule has 0 aromatic heterocycles. The van der Waals surface area contributed by atoms with Crippen LogP contribution < -0.4 is 16.4 Å². The standard InChI is InChI=1S/C16H26N2O9.C3H9NS/c1-5(2)17-7(4-8(19)20)15(25)18-9-10(21)6(3)26-16-13(24)11(22)12(23)14(9)27-16;1-5-3-2-4/h5-7,9,11-14,16-17,22-24H,4H2,1-3H3,(H,18,25)(H,19,20);2-4H2,1H3/t6?,7-,9?,11?,12?,13?,14?,16?;/m0./s1. The minimum absolute atomic E-state index is 0.204. The highest BCUT2D eigenvalue weighted by atomic mass is 32.2. The van der Waals surface area contributed by atoms with Crippen LogP contribution in [0, 0.1) is 0 Å². The molecule has 0 aromatic rings. The molecule has 186 valence electrons. The molecule has 2 aliphatic rings. The maximum atomic E-state index is 12.6. The lowest BCUT2D eigenvalue weighted by Gasteiger charge is -2.40. The Kier molecular flexibility index (Phi) is 12.0. The molecule has 13 heteroatoms. The van der Waals surface area contributed by atoms with Crippen LogP contribution in [-0.2, 0) is 23.9 Å². The van der Waals surface area contributed by atoms with Gasteiger partial charge in [0.2, 0.25) is 5.91 Å². The van der Waals surface area contributed by atoms with Gasteiger partial charge in [0.15, 0.2) is 12.1 Å². The van der Waals surface area contributed by atoms with Crippen molar-refractivity contribution in [1.82, 2.24) is 10.6 Å². The summed E-state index contributed by atoms with van der Waals surface area (Å²) >= 11 is 1.78. The first kappa shape index (κ1) is 28.7. The zero-order valence-corrected chi connectivity index (χ0v) is 19.4. The second-order valence-electron chi connectivity index (χ2n) is 7.86. The number of fused-ring (bicyclic) bond motifs is 2. The van der Waals surface area contributed by atoms with Gasteiger partial charge in [-0.05, 0) is 13.2 Å². The largest absolute Gasteiger partial charge is 0.481 e. The molecule has 7 unspecified atom stereocenters. The van der Waals surface area contributed by atoms with Gasteiger partial charge in [-0.2, -0.15) is 11.8 Å². The van der Waals surface area contributed by atoms with Gasteiger partial charge in [-0.1, -0.05) is 13.8 Å². The maximum Gasteiger partial charge on any atom is 0.305 e. The normalized spacial score (nSPS) is 33.0. The molecule has 2 bridgehead atoms. The Balaban J connectivity index is 0.000000920. The van der Waals surface area contributed by atoms with Crippen molar-refractivity contribution in [2.45, 2.75) is 82.1 Å². The van der Waals surface area contributed by atoms with E-state index >= 15 is 0 Å². The Morgan fingerprint density at radius 1 is 1.16 bits per heavy atom. The van der Waals surface area contributed by atoms with Crippen molar-refractivity contribution in [3.05, 3.63) is 0 Å². The number of hydrogen-bond donors (Lipinski definition) is 7. The zero-order chi connectivity index (χ0) is 24.6. The smallest absolute Gasteiger partial charge is 0.305 e. The van der Waals surface area contributed by atoms with Crippen LogP contribution >= 0.6 is 11.8 Å². The minimum Gasteiger partial charge on any atom is -0.481 e. The number of nitrogens with one attached hydrogen (secondary N) is 2. The van der Waals surface area contributed by atoms with Crippen molar-refractivity contribution >= 4 is 29.4 Å². The van der Waals surface area contributed by atoms with E-state index < -0.39 is 73.0 Å². The fraction of sp³-hybridized carbons (Fsp3) is 0.842. The number of Topliss-reactive ketones (excluding diaryl/α,β-unsaturated/α-hetero) is 1. The molecule has 8 N–H and O–H groups in total. The molecule has 2 heterocycles. The summed E-state index contributed by atoms with van der Waals surface area (Å²) in [6.45, 7) is 5.65. The molecule has 0 radical (unpaired) electrons. The molecule has 32 heavy (non-hydrogen) atoms. The van der Waals surface area contributed by atoms with E-state index in [2.05, 4.69) is 10.6 Å². The van der Waals surface area contributed by atoms with Crippen LogP contribution in [0.1, 0.15) is 27.2 Å². The number of thioether (sulfide) groups is 1. The number of ether oxygens (including phenoxy) is 2. The molecule has 2 saturated heterocycles. The number of aliphatic carboxylic acids is 1. The van der Waals surface area contributed by atoms with Crippen molar-refractivity contribution in [2.24, 2.45) is 5.73 Å². The van der Waals surface area contributed by atoms with Crippen molar-refractivity contribution in [1.29, 1.82) is 0 Å². The van der Waals surface area contributed by atoms with Crippen LogP contribution in [0.15, 0.2) is 0 Å². The van der Waals surface area contributed by atoms with Gasteiger partial charge >= 0.3 is 5.97 Å². The summed E-state index contributed by atoms with van der Waals surface area (Å²) in [7, 11) is 0. The first-order chi connectivity index (χ1) is 14.9. The number of carboxylic acids is 1. The van der Waals surface area contributed by atoms with Gasteiger partial charge in [-0.25, -0.2) is 0 Å². The highest BCUT2D eigenvalue weighted by Crippen LogP contribution is 2.29. The number of hydrogen-bond acceptors (Lipinski definition) is 11. The molecule has 1 amide bonds. The Labute approximate surface area is 191 Å². The third kappa shape index (κ3) is 7.92. The molecule has 0 saturated carbocycles. The van der Waals surface area contributed by atoms with E-state index in [0.717, 1.165) is 12.3 Å². The number of carbonyl (C=O) groups is 3. The van der Waals surface area contributed by atoms with Gasteiger partial charge < -0.3 is 46.3 Å². The molecule has 2 rings (SSSR count). The summed E-state index contributed by atoms with van der Waals surface area (Å²) in [4.78, 5) is 36.2. The molecule has 8 atom stereocenters. The zero-order valence-electron chi connectivity index (χ0n) is 18.6. The number of amides is 1. The van der Waals surface area contributed by atoms with Crippen LogP contribution in [0.4, 0.5) is 0 Å². The number of rotatable bonds is 8. The highest BCUT2D eigenvalue weighted by Gasteiger charge is 2.53. The molecule has 0 aliphatic carbocycles. The Morgan fingerprint density at radius 2 is 1.78 bits per heavy atom. The lowest BCUT2D eigenvalue weighted by atomic mass is 9.91. The second kappa shape index (κ2) is 13.4. The molecule has 2 aliphatic heterocycles. The van der Waals surface area contributed by atoms with Gasteiger partial charge in [0.1, 0.15) is 36.6 Å². The Bertz CT molecular complexity index is 637. The number of carboxylic acid groups (broad SMARTS) is 1. The fourth-order valence-electron chi connectivity index (χ4n) is 3.27. The SMILES string of the molecule is CC(C)N[C@@H](CC(=O)O)C(=O)NC1C(=O)C(C)OC2OC1C(O)C(O)C2O.CSCCN. The number of carbonyl (C=O) groups excluding carboxylic acids is 2. The third-order valence-corrected chi connectivity index (χ3v) is 5.47. The van der Waals surface area contributed by atoms with Crippen LogP contribution in [0.25, 0.3) is 0 Å². The lowest BCUT2D eigenvalue weighted by molar-refractivity contribution is -0.295. The number of nitrogens with two attached hydrogens (primary N) is 1. The van der Waals surface area contributed by atoms with Crippen molar-refractivity contribution < 1.29 is 44.3 Å². The van der Waals surface area contributed by atoms with Crippen LogP contribution in [-0.4, -0.2) is 112 Å². The topological polar surface area (TPSA) is 201 Å². The van der Waals surface area contributed by atoms with E-state index in [4.69, 9.17) is 20.3 Å². The molecule has 0 aromatic carbocycles. The van der Waals surface area contributed by atoms with Gasteiger partial charge in [0.05, 0.1) is 12.5 Å². The summed E-state index contributed by atoms with van der Waals surface area (Å²) < 4.78 is 10.7. The van der Waals surface area contributed by atoms with E-state index in [1.165, 1.54) is 6.92 Å². The molecular weight excluding hydrogens is 446 g/mol. The Morgan fingerprint density at radius 3 is 2.25 bits per heavy atom. The first-order valence-corrected chi connectivity index (χ1v) is 11.7. The Hall–Kier alpha value is -1.32. The summed E-state index contributed by atoms with van der Waals surface area (Å²) in [5, 5.41) is 44.3. The average Bonchev–Trinajstić information content (AvgIpc) is 2.82. The van der Waals surface area contributed by atoms with Crippen molar-refractivity contribution in [3.63, 3.8) is 0 Å². The molecular formula is C19H35N3O9S. The number of aliphatic hydroxyl groups is 3. The van der Waals surface area contributed by atoms with Gasteiger partial charge in [-0.15, -0.1) is 0 Å². The van der Waals surface area contributed by atoms with Crippen molar-refractivity contribution in [2.75, 3.05) is 18.6 Å². The molecule has 12 nitrogen and oxygen atoms in total. The predicted molar refractivity (Wildman–Crippen MR) is 116 cm³/mol. The predicted octanol–water partition coefficient (Wildman–Crippen LogP) is -2.58. The number of aliphatic hydroxyl groups excluding tert-OH is 3. The van der Waals surface area contributed by atoms with Crippen LogP contribution in [0.2, 0.25) is 0 Å². The third-order valence-electron chi connectivity index (χ3n) is 4.83. The lowest BCUT2D eigenvalue weighted by Crippen LogP contribution is -2.64. The van der Waals surface area contributed by atoms with Crippen LogP contribution in [0.3, 0.4) is 0 Å². The van der Waals surface area contributed by atoms with E-state index in [1.54, 1.807) is 25.6 Å². The van der Waals surface area contributed by atoms with Gasteiger partial charge in [0, 0.05) is 18.3 Å². The molecule has 0 spiro atoms. The minimum atomic E-state index is -1.66. The summed E-state index contributed by atoms with van der Waals surface area (Å²) in [5.74, 6) is -1.53.